The first-order valence-electron chi connectivity index (χ1n) is 10.8. The van der Waals surface area contributed by atoms with Crippen LogP contribution in [0.1, 0.15) is 24.2 Å². The minimum Gasteiger partial charge on any atom is -0.378 e. The number of nitrogens with one attached hydrogen (secondary N) is 1. The fraction of sp³-hybridized carbons (Fsp3) is 0.429. The summed E-state index contributed by atoms with van der Waals surface area (Å²) < 4.78 is 7.20. The Balaban J connectivity index is 1.54. The number of ether oxygens (including phenoxy) is 1. The molecule has 180 valence electrons. The van der Waals surface area contributed by atoms with Gasteiger partial charge in [-0.15, -0.1) is 0 Å². The van der Waals surface area contributed by atoms with Crippen LogP contribution in [0.25, 0.3) is 11.0 Å². The Morgan fingerprint density at radius 3 is 2.79 bits per heavy atom. The lowest BCUT2D eigenvalue weighted by atomic mass is 10.2. The SMILES string of the molecule is CC(C)Sc1nc(N2CCOCC2)c2cnn(CCNC(=O)c3cc([N+](=O)[O-])ccc3Cl)c2n1. The van der Waals surface area contributed by atoms with E-state index in [1.807, 2.05) is 0 Å². The van der Waals surface area contributed by atoms with E-state index in [9.17, 15) is 14.9 Å². The highest BCUT2D eigenvalue weighted by Gasteiger charge is 2.21. The van der Waals surface area contributed by atoms with Crippen molar-refractivity contribution in [2.45, 2.75) is 30.8 Å². The zero-order chi connectivity index (χ0) is 24.2. The highest BCUT2D eigenvalue weighted by atomic mass is 35.5. The summed E-state index contributed by atoms with van der Waals surface area (Å²) in [6.07, 6.45) is 1.74. The van der Waals surface area contributed by atoms with Crippen LogP contribution in [0.4, 0.5) is 11.5 Å². The second-order valence-electron chi connectivity index (χ2n) is 7.88. The molecule has 0 bridgehead atoms. The van der Waals surface area contributed by atoms with Gasteiger partial charge in [-0.2, -0.15) is 5.10 Å². The number of fused-ring (bicyclic) bond motifs is 1. The van der Waals surface area contributed by atoms with E-state index in [2.05, 4.69) is 29.2 Å². The highest BCUT2D eigenvalue weighted by molar-refractivity contribution is 7.99. The molecule has 0 spiro atoms. The first-order chi connectivity index (χ1) is 16.3. The molecule has 0 unspecified atom stereocenters. The van der Waals surface area contributed by atoms with Crippen LogP contribution >= 0.6 is 23.4 Å². The molecular weight excluding hydrogens is 482 g/mol. The maximum atomic E-state index is 12.6. The van der Waals surface area contributed by atoms with Crippen LogP contribution < -0.4 is 10.2 Å². The first kappa shape index (κ1) is 24.2. The molecule has 0 atom stereocenters. The number of halogens is 1. The zero-order valence-electron chi connectivity index (χ0n) is 18.7. The van der Waals surface area contributed by atoms with Gasteiger partial charge in [-0.1, -0.05) is 37.2 Å². The Hall–Kier alpha value is -2.96. The summed E-state index contributed by atoms with van der Waals surface area (Å²) in [7, 11) is 0. The van der Waals surface area contributed by atoms with Gasteiger partial charge in [-0.05, 0) is 6.07 Å². The number of aromatic nitrogens is 4. The molecule has 34 heavy (non-hydrogen) atoms. The van der Waals surface area contributed by atoms with E-state index >= 15 is 0 Å². The van der Waals surface area contributed by atoms with Crippen LogP contribution in [0, 0.1) is 10.1 Å². The average Bonchev–Trinajstić information content (AvgIpc) is 3.21. The van der Waals surface area contributed by atoms with Crippen molar-refractivity contribution in [3.63, 3.8) is 0 Å². The van der Waals surface area contributed by atoms with E-state index in [1.54, 1.807) is 22.6 Å². The molecule has 1 fully saturated rings. The Bertz CT molecular complexity index is 1210. The van der Waals surface area contributed by atoms with E-state index in [-0.39, 0.29) is 22.8 Å². The second-order valence-corrected chi connectivity index (χ2v) is 9.83. The molecule has 11 nitrogen and oxygen atoms in total. The van der Waals surface area contributed by atoms with Gasteiger partial charge in [0.1, 0.15) is 5.82 Å². The Kier molecular flexibility index (Phi) is 7.49. The largest absolute Gasteiger partial charge is 0.378 e. The van der Waals surface area contributed by atoms with E-state index in [0.29, 0.717) is 35.8 Å². The molecule has 13 heteroatoms. The smallest absolute Gasteiger partial charge is 0.270 e. The average molecular weight is 506 g/mol. The number of benzene rings is 1. The van der Waals surface area contributed by atoms with Crippen molar-refractivity contribution in [2.24, 2.45) is 0 Å². The van der Waals surface area contributed by atoms with E-state index in [1.165, 1.54) is 12.1 Å². The third-order valence-corrected chi connectivity index (χ3v) is 6.32. The number of nitro benzene ring substituents is 1. The summed E-state index contributed by atoms with van der Waals surface area (Å²) in [5.41, 5.74) is 0.533. The van der Waals surface area contributed by atoms with Crippen molar-refractivity contribution in [3.05, 3.63) is 45.1 Å². The van der Waals surface area contributed by atoms with E-state index < -0.39 is 10.8 Å². The van der Waals surface area contributed by atoms with Gasteiger partial charge < -0.3 is 15.0 Å². The molecule has 1 amide bonds. The molecular formula is C21H24ClN7O4S. The number of carbonyl (C=O) groups excluding carboxylic acids is 1. The fourth-order valence-corrected chi connectivity index (χ4v) is 4.44. The standard InChI is InChI=1S/C21H24ClN7O4S/c1-13(2)34-21-25-18(27-7-9-33-10-8-27)16-12-24-28(19(16)26-21)6-5-23-20(30)15-11-14(29(31)32)3-4-17(15)22/h3-4,11-13H,5-10H2,1-2H3,(H,23,30). The van der Waals surface area contributed by atoms with Gasteiger partial charge in [-0.25, -0.2) is 14.6 Å². The van der Waals surface area contributed by atoms with Crippen LogP contribution in [0.5, 0.6) is 0 Å². The van der Waals surface area contributed by atoms with Gasteiger partial charge >= 0.3 is 0 Å². The van der Waals surface area contributed by atoms with Crippen LogP contribution in [0.15, 0.2) is 29.6 Å². The lowest BCUT2D eigenvalue weighted by molar-refractivity contribution is -0.384. The number of morpholine rings is 1. The molecule has 4 rings (SSSR count). The van der Waals surface area contributed by atoms with Crippen LogP contribution in [-0.2, 0) is 11.3 Å². The van der Waals surface area contributed by atoms with Gasteiger partial charge in [0.15, 0.2) is 10.8 Å². The summed E-state index contributed by atoms with van der Waals surface area (Å²) in [6, 6.07) is 3.76. The Morgan fingerprint density at radius 1 is 1.32 bits per heavy atom. The van der Waals surface area contributed by atoms with E-state index in [0.717, 1.165) is 30.4 Å². The molecule has 2 aromatic heterocycles. The molecule has 0 saturated carbocycles. The normalized spacial score (nSPS) is 14.1. The number of hydrogen-bond donors (Lipinski definition) is 1. The van der Waals surface area contributed by atoms with Gasteiger partial charge in [0.05, 0.1) is 46.9 Å². The third kappa shape index (κ3) is 5.40. The summed E-state index contributed by atoms with van der Waals surface area (Å²) in [4.78, 5) is 34.7. The minimum absolute atomic E-state index is 0.0498. The number of hydrogen-bond acceptors (Lipinski definition) is 9. The van der Waals surface area contributed by atoms with Gasteiger partial charge in [0, 0.05) is 37.0 Å². The molecule has 1 aliphatic heterocycles. The van der Waals surface area contributed by atoms with Crippen molar-refractivity contribution in [2.75, 3.05) is 37.7 Å². The maximum Gasteiger partial charge on any atom is 0.270 e. The Morgan fingerprint density at radius 2 is 2.09 bits per heavy atom. The number of carbonyl (C=O) groups is 1. The molecule has 1 N–H and O–H groups in total. The monoisotopic (exact) mass is 505 g/mol. The number of thioether (sulfide) groups is 1. The molecule has 1 aromatic carbocycles. The molecule has 0 radical (unpaired) electrons. The third-order valence-electron chi connectivity index (χ3n) is 5.12. The van der Waals surface area contributed by atoms with Crippen molar-refractivity contribution in [1.29, 1.82) is 0 Å². The summed E-state index contributed by atoms with van der Waals surface area (Å²) in [6.45, 7) is 7.51. The quantitative estimate of drug-likeness (QED) is 0.212. The van der Waals surface area contributed by atoms with Crippen molar-refractivity contribution < 1.29 is 14.5 Å². The van der Waals surface area contributed by atoms with Crippen molar-refractivity contribution in [1.82, 2.24) is 25.1 Å². The molecule has 0 aliphatic carbocycles. The lowest BCUT2D eigenvalue weighted by Crippen LogP contribution is -2.37. The number of amides is 1. The second kappa shape index (κ2) is 10.5. The summed E-state index contributed by atoms with van der Waals surface area (Å²) in [5, 5.41) is 20.2. The van der Waals surface area contributed by atoms with Gasteiger partial charge in [0.2, 0.25) is 0 Å². The lowest BCUT2D eigenvalue weighted by Gasteiger charge is -2.28. The number of anilines is 1. The molecule has 1 aliphatic rings. The molecule has 3 aromatic rings. The fourth-order valence-electron chi connectivity index (χ4n) is 3.54. The molecule has 3 heterocycles. The number of nitrogens with zero attached hydrogens (tertiary/aromatic N) is 6. The van der Waals surface area contributed by atoms with Crippen LogP contribution in [-0.4, -0.2) is 68.7 Å². The number of non-ortho nitro benzene ring substituents is 1. The predicted octanol–water partition coefficient (Wildman–Crippen LogP) is 3.16. The number of rotatable bonds is 8. The highest BCUT2D eigenvalue weighted by Crippen LogP contribution is 2.29. The van der Waals surface area contributed by atoms with Gasteiger partial charge in [0.25, 0.3) is 11.6 Å². The Labute approximate surface area is 205 Å². The summed E-state index contributed by atoms with van der Waals surface area (Å²) >= 11 is 7.64. The van der Waals surface area contributed by atoms with Crippen molar-refractivity contribution in [3.8, 4) is 0 Å². The van der Waals surface area contributed by atoms with Gasteiger partial charge in [-0.3, -0.25) is 14.9 Å². The minimum atomic E-state index is -0.568. The zero-order valence-corrected chi connectivity index (χ0v) is 20.3. The topological polar surface area (TPSA) is 128 Å². The van der Waals surface area contributed by atoms with E-state index in [4.69, 9.17) is 26.3 Å². The molecule has 1 saturated heterocycles. The maximum absolute atomic E-state index is 12.6. The summed E-state index contributed by atoms with van der Waals surface area (Å²) in [5.74, 6) is 0.333. The predicted molar refractivity (Wildman–Crippen MR) is 130 cm³/mol. The van der Waals surface area contributed by atoms with Crippen LogP contribution in [0.3, 0.4) is 0 Å². The first-order valence-corrected chi connectivity index (χ1v) is 12.0. The number of nitro groups is 1. The van der Waals surface area contributed by atoms with Crippen LogP contribution in [0.2, 0.25) is 5.02 Å². The van der Waals surface area contributed by atoms with Crippen molar-refractivity contribution >= 4 is 51.8 Å².